The van der Waals surface area contributed by atoms with E-state index in [9.17, 15) is 0 Å². The van der Waals surface area contributed by atoms with Gasteiger partial charge >= 0.3 is 0 Å². The molecule has 0 amide bonds. The Kier molecular flexibility index (Phi) is 4.87. The standard InChI is InChI=1S/C10H20IN/c1-2-10(9-11)5-3-7-12-8-4-6-10/h12H,2-9H2,1H3. The minimum absolute atomic E-state index is 0.683. The number of nitrogens with one attached hydrogen (secondary N) is 1. The smallest absolute Gasteiger partial charge is 0.00519 e. The van der Waals surface area contributed by atoms with Gasteiger partial charge in [0.05, 0.1) is 0 Å². The molecule has 0 unspecified atom stereocenters. The average molecular weight is 281 g/mol. The van der Waals surface area contributed by atoms with E-state index in [1.807, 2.05) is 0 Å². The molecule has 1 fully saturated rings. The van der Waals surface area contributed by atoms with Crippen LogP contribution >= 0.6 is 22.6 Å². The van der Waals surface area contributed by atoms with E-state index in [4.69, 9.17) is 0 Å². The van der Waals surface area contributed by atoms with Gasteiger partial charge in [0.25, 0.3) is 0 Å². The maximum atomic E-state index is 3.47. The van der Waals surface area contributed by atoms with Gasteiger partial charge in [-0.2, -0.15) is 0 Å². The summed E-state index contributed by atoms with van der Waals surface area (Å²) in [5, 5.41) is 3.47. The Hall–Kier alpha value is 0.690. The van der Waals surface area contributed by atoms with E-state index >= 15 is 0 Å². The van der Waals surface area contributed by atoms with E-state index in [-0.39, 0.29) is 0 Å². The van der Waals surface area contributed by atoms with E-state index < -0.39 is 0 Å². The first-order valence-electron chi connectivity index (χ1n) is 5.10. The Morgan fingerprint density at radius 1 is 1.25 bits per heavy atom. The van der Waals surface area contributed by atoms with E-state index in [2.05, 4.69) is 34.8 Å². The second-order valence-corrected chi connectivity index (χ2v) is 4.71. The lowest BCUT2D eigenvalue weighted by molar-refractivity contribution is 0.245. The number of halogens is 1. The second-order valence-electron chi connectivity index (χ2n) is 3.94. The zero-order valence-electron chi connectivity index (χ0n) is 8.03. The van der Waals surface area contributed by atoms with Crippen molar-refractivity contribution >= 4 is 22.6 Å². The van der Waals surface area contributed by atoms with Crippen LogP contribution in [0.1, 0.15) is 39.0 Å². The zero-order chi connectivity index (χ0) is 8.86. The summed E-state index contributed by atoms with van der Waals surface area (Å²) in [5.74, 6) is 0. The molecule has 0 aliphatic carbocycles. The molecule has 0 bridgehead atoms. The Morgan fingerprint density at radius 2 is 1.83 bits per heavy atom. The van der Waals surface area contributed by atoms with Gasteiger partial charge in [-0.3, -0.25) is 0 Å². The summed E-state index contributed by atoms with van der Waals surface area (Å²) in [4.78, 5) is 0. The third kappa shape index (κ3) is 2.87. The first-order valence-corrected chi connectivity index (χ1v) is 6.62. The first kappa shape index (κ1) is 10.8. The summed E-state index contributed by atoms with van der Waals surface area (Å²) in [6.45, 7) is 4.82. The van der Waals surface area contributed by atoms with Gasteiger partial charge in [0.2, 0.25) is 0 Å². The molecule has 1 saturated heterocycles. The molecule has 1 heterocycles. The summed E-state index contributed by atoms with van der Waals surface area (Å²) >= 11 is 2.57. The summed E-state index contributed by atoms with van der Waals surface area (Å²) < 4.78 is 1.35. The van der Waals surface area contributed by atoms with Crippen LogP contribution in [0.4, 0.5) is 0 Å². The molecule has 72 valence electrons. The molecule has 1 aliphatic heterocycles. The summed E-state index contributed by atoms with van der Waals surface area (Å²) in [5.41, 5.74) is 0.683. The van der Waals surface area contributed by atoms with Gasteiger partial charge in [-0.05, 0) is 50.6 Å². The quantitative estimate of drug-likeness (QED) is 0.606. The van der Waals surface area contributed by atoms with Crippen LogP contribution in [0.25, 0.3) is 0 Å². The normalized spacial score (nSPS) is 24.5. The highest BCUT2D eigenvalue weighted by Gasteiger charge is 2.26. The topological polar surface area (TPSA) is 12.0 Å². The lowest BCUT2D eigenvalue weighted by Gasteiger charge is -2.32. The van der Waals surface area contributed by atoms with E-state index in [1.165, 1.54) is 49.6 Å². The molecule has 12 heavy (non-hydrogen) atoms. The molecule has 0 saturated carbocycles. The van der Waals surface area contributed by atoms with Gasteiger partial charge in [-0.15, -0.1) is 0 Å². The van der Waals surface area contributed by atoms with Gasteiger partial charge in [0.1, 0.15) is 0 Å². The lowest BCUT2D eigenvalue weighted by Crippen LogP contribution is -2.29. The maximum Gasteiger partial charge on any atom is 0.00519 e. The molecule has 0 aromatic carbocycles. The van der Waals surface area contributed by atoms with Crippen LogP contribution in [0.5, 0.6) is 0 Å². The fourth-order valence-electron chi connectivity index (χ4n) is 2.01. The molecule has 0 spiro atoms. The minimum atomic E-state index is 0.683. The van der Waals surface area contributed by atoms with Crippen LogP contribution < -0.4 is 5.32 Å². The van der Waals surface area contributed by atoms with Gasteiger partial charge in [-0.25, -0.2) is 0 Å². The van der Waals surface area contributed by atoms with Crippen LogP contribution in [0.15, 0.2) is 0 Å². The molecule has 0 radical (unpaired) electrons. The predicted molar refractivity (Wildman–Crippen MR) is 62.9 cm³/mol. The molecule has 0 atom stereocenters. The Labute approximate surface area is 89.8 Å². The van der Waals surface area contributed by atoms with Crippen molar-refractivity contribution in [3.8, 4) is 0 Å². The van der Waals surface area contributed by atoms with Crippen molar-refractivity contribution in [3.05, 3.63) is 0 Å². The van der Waals surface area contributed by atoms with Crippen LogP contribution in [0, 0.1) is 5.41 Å². The Morgan fingerprint density at radius 3 is 2.25 bits per heavy atom. The molecule has 2 heteroatoms. The molecule has 1 aliphatic rings. The molecular formula is C10H20IN. The van der Waals surface area contributed by atoms with Crippen molar-refractivity contribution in [1.82, 2.24) is 5.32 Å². The maximum absolute atomic E-state index is 3.47. The number of rotatable bonds is 2. The van der Waals surface area contributed by atoms with Gasteiger partial charge < -0.3 is 5.32 Å². The van der Waals surface area contributed by atoms with Gasteiger partial charge in [-0.1, -0.05) is 29.5 Å². The summed E-state index contributed by atoms with van der Waals surface area (Å²) in [7, 11) is 0. The van der Waals surface area contributed by atoms with Crippen molar-refractivity contribution < 1.29 is 0 Å². The van der Waals surface area contributed by atoms with Crippen LogP contribution in [0.2, 0.25) is 0 Å². The molecule has 1 N–H and O–H groups in total. The van der Waals surface area contributed by atoms with Crippen LogP contribution in [-0.2, 0) is 0 Å². The third-order valence-electron chi connectivity index (χ3n) is 3.15. The first-order chi connectivity index (χ1) is 5.83. The van der Waals surface area contributed by atoms with Crippen molar-refractivity contribution in [2.45, 2.75) is 39.0 Å². The van der Waals surface area contributed by atoms with Crippen molar-refractivity contribution in [2.75, 3.05) is 17.5 Å². The Bertz CT molecular complexity index is 111. The number of hydrogen-bond donors (Lipinski definition) is 1. The highest BCUT2D eigenvalue weighted by atomic mass is 127. The molecule has 0 aromatic heterocycles. The molecule has 1 nitrogen and oxygen atoms in total. The molecule has 0 aromatic rings. The fraction of sp³-hybridized carbons (Fsp3) is 1.00. The fourth-order valence-corrected chi connectivity index (χ4v) is 3.31. The molecular weight excluding hydrogens is 261 g/mol. The van der Waals surface area contributed by atoms with Crippen LogP contribution in [0.3, 0.4) is 0 Å². The highest BCUT2D eigenvalue weighted by molar-refractivity contribution is 14.1. The zero-order valence-corrected chi connectivity index (χ0v) is 10.2. The SMILES string of the molecule is CCC1(CI)CCCNCCC1. The largest absolute Gasteiger partial charge is 0.317 e. The average Bonchev–Trinajstić information content (AvgIpc) is 2.06. The number of hydrogen-bond acceptors (Lipinski definition) is 1. The molecule has 1 rings (SSSR count). The Balaban J connectivity index is 2.45. The van der Waals surface area contributed by atoms with E-state index in [1.54, 1.807) is 0 Å². The highest BCUT2D eigenvalue weighted by Crippen LogP contribution is 2.36. The van der Waals surface area contributed by atoms with Crippen LogP contribution in [-0.4, -0.2) is 17.5 Å². The van der Waals surface area contributed by atoms with Crippen molar-refractivity contribution in [3.63, 3.8) is 0 Å². The number of alkyl halides is 1. The third-order valence-corrected chi connectivity index (χ3v) is 4.77. The van der Waals surface area contributed by atoms with Crippen molar-refractivity contribution in [2.24, 2.45) is 5.41 Å². The predicted octanol–water partition coefficient (Wildman–Crippen LogP) is 2.98. The van der Waals surface area contributed by atoms with Crippen molar-refractivity contribution in [1.29, 1.82) is 0 Å². The second kappa shape index (κ2) is 5.43. The summed E-state index contributed by atoms with van der Waals surface area (Å²) in [6.07, 6.45) is 6.97. The minimum Gasteiger partial charge on any atom is -0.317 e. The summed E-state index contributed by atoms with van der Waals surface area (Å²) in [6, 6.07) is 0. The monoisotopic (exact) mass is 281 g/mol. The lowest BCUT2D eigenvalue weighted by atomic mass is 9.78. The van der Waals surface area contributed by atoms with E-state index in [0.717, 1.165) is 0 Å². The van der Waals surface area contributed by atoms with Gasteiger partial charge in [0.15, 0.2) is 0 Å². The van der Waals surface area contributed by atoms with Gasteiger partial charge in [0, 0.05) is 4.43 Å². The van der Waals surface area contributed by atoms with E-state index in [0.29, 0.717) is 5.41 Å².